The highest BCUT2D eigenvalue weighted by atomic mass is 32.2. The lowest BCUT2D eigenvalue weighted by Crippen LogP contribution is -2.42. The van der Waals surface area contributed by atoms with Gasteiger partial charge in [0.05, 0.1) is 11.4 Å². The Labute approximate surface area is 166 Å². The average molecular weight is 407 g/mol. The van der Waals surface area contributed by atoms with Crippen molar-refractivity contribution in [3.8, 4) is 0 Å². The second-order valence-corrected chi connectivity index (χ2v) is 9.95. The first kappa shape index (κ1) is 22.0. The third-order valence-corrected chi connectivity index (χ3v) is 5.91. The molecule has 1 N–H and O–H groups in total. The molecule has 0 aliphatic carbocycles. The Morgan fingerprint density at radius 1 is 1.07 bits per heavy atom. The number of benzene rings is 2. The average Bonchev–Trinajstić information content (AvgIpc) is 2.61. The summed E-state index contributed by atoms with van der Waals surface area (Å²) in [4.78, 5) is 12.5. The maximum atomic E-state index is 14.1. The first-order valence-corrected chi connectivity index (χ1v) is 10.5. The van der Waals surface area contributed by atoms with Crippen LogP contribution in [0.25, 0.3) is 0 Å². The predicted octanol–water partition coefficient (Wildman–Crippen LogP) is 3.49. The van der Waals surface area contributed by atoms with Gasteiger partial charge in [0.25, 0.3) is 0 Å². The van der Waals surface area contributed by atoms with E-state index < -0.39 is 21.7 Å². The SMILES string of the molecule is Cc1ccc(S(=O)(=O)N(CC(=O)NCC(C)(C)C)Cc2ccccc2F)cc1. The van der Waals surface area contributed by atoms with E-state index in [0.717, 1.165) is 9.87 Å². The van der Waals surface area contributed by atoms with E-state index in [1.165, 1.54) is 30.3 Å². The molecule has 2 aromatic carbocycles. The minimum Gasteiger partial charge on any atom is -0.354 e. The van der Waals surface area contributed by atoms with E-state index in [0.29, 0.717) is 6.54 Å². The normalized spacial score (nSPS) is 12.2. The third-order valence-electron chi connectivity index (χ3n) is 4.10. The van der Waals surface area contributed by atoms with Gasteiger partial charge in [0.2, 0.25) is 15.9 Å². The number of hydrogen-bond acceptors (Lipinski definition) is 3. The number of amides is 1. The van der Waals surface area contributed by atoms with Crippen molar-refractivity contribution in [3.05, 3.63) is 65.5 Å². The van der Waals surface area contributed by atoms with Gasteiger partial charge in [-0.1, -0.05) is 56.7 Å². The number of nitrogens with one attached hydrogen (secondary N) is 1. The van der Waals surface area contributed by atoms with E-state index in [9.17, 15) is 17.6 Å². The predicted molar refractivity (Wildman–Crippen MR) is 108 cm³/mol. The number of carbonyl (C=O) groups is 1. The molecule has 0 unspecified atom stereocenters. The standard InChI is InChI=1S/C21H27FN2O3S/c1-16-9-11-18(12-10-16)28(26,27)24(13-17-7-5-6-8-19(17)22)14-20(25)23-15-21(2,3)4/h5-12H,13-15H2,1-4H3,(H,23,25). The van der Waals surface area contributed by atoms with Crippen molar-refractivity contribution >= 4 is 15.9 Å². The van der Waals surface area contributed by atoms with Gasteiger partial charge in [0, 0.05) is 18.7 Å². The molecule has 28 heavy (non-hydrogen) atoms. The van der Waals surface area contributed by atoms with Gasteiger partial charge in [-0.15, -0.1) is 0 Å². The van der Waals surface area contributed by atoms with Crippen molar-refractivity contribution in [2.24, 2.45) is 5.41 Å². The Morgan fingerprint density at radius 2 is 1.68 bits per heavy atom. The molecule has 0 aliphatic rings. The zero-order chi connectivity index (χ0) is 20.9. The van der Waals surface area contributed by atoms with Crippen molar-refractivity contribution in [2.45, 2.75) is 39.1 Å². The van der Waals surface area contributed by atoms with Crippen LogP contribution in [-0.4, -0.2) is 31.7 Å². The molecule has 0 spiro atoms. The molecule has 0 radical (unpaired) electrons. The molecule has 0 bridgehead atoms. The maximum absolute atomic E-state index is 14.1. The number of carbonyl (C=O) groups excluding carboxylic acids is 1. The van der Waals surface area contributed by atoms with Crippen molar-refractivity contribution in [1.82, 2.24) is 9.62 Å². The van der Waals surface area contributed by atoms with Crippen LogP contribution in [0, 0.1) is 18.2 Å². The van der Waals surface area contributed by atoms with Gasteiger partial charge in [-0.2, -0.15) is 4.31 Å². The largest absolute Gasteiger partial charge is 0.354 e. The van der Waals surface area contributed by atoms with Gasteiger partial charge in [-0.05, 0) is 30.5 Å². The molecule has 0 atom stereocenters. The van der Waals surface area contributed by atoms with E-state index in [1.807, 2.05) is 27.7 Å². The van der Waals surface area contributed by atoms with E-state index in [4.69, 9.17) is 0 Å². The molecule has 0 fully saturated rings. The molecule has 2 aromatic rings. The van der Waals surface area contributed by atoms with Crippen molar-refractivity contribution < 1.29 is 17.6 Å². The molecule has 152 valence electrons. The van der Waals surface area contributed by atoms with Crippen LogP contribution >= 0.6 is 0 Å². The zero-order valence-electron chi connectivity index (χ0n) is 16.7. The Balaban J connectivity index is 2.31. The second kappa shape index (κ2) is 8.84. The summed E-state index contributed by atoms with van der Waals surface area (Å²) < 4.78 is 41.4. The van der Waals surface area contributed by atoms with E-state index in [-0.39, 0.29) is 29.0 Å². The van der Waals surface area contributed by atoms with Gasteiger partial charge in [0.1, 0.15) is 5.82 Å². The summed E-state index contributed by atoms with van der Waals surface area (Å²) in [6.45, 7) is 7.54. The molecule has 0 aromatic heterocycles. The van der Waals surface area contributed by atoms with Crippen molar-refractivity contribution in [1.29, 1.82) is 0 Å². The topological polar surface area (TPSA) is 66.5 Å². The molecular formula is C21H27FN2O3S. The fourth-order valence-corrected chi connectivity index (χ4v) is 3.86. The summed E-state index contributed by atoms with van der Waals surface area (Å²) in [7, 11) is -3.98. The van der Waals surface area contributed by atoms with Gasteiger partial charge in [-0.25, -0.2) is 12.8 Å². The molecule has 5 nitrogen and oxygen atoms in total. The molecule has 0 heterocycles. The summed E-state index contributed by atoms with van der Waals surface area (Å²) in [5.41, 5.74) is 0.992. The first-order chi connectivity index (χ1) is 13.0. The molecule has 0 saturated heterocycles. The number of rotatable bonds is 7. The lowest BCUT2D eigenvalue weighted by atomic mass is 9.97. The second-order valence-electron chi connectivity index (χ2n) is 8.01. The van der Waals surface area contributed by atoms with Crippen LogP contribution in [0.15, 0.2) is 53.4 Å². The van der Waals surface area contributed by atoms with Crippen molar-refractivity contribution in [3.63, 3.8) is 0 Å². The minimum absolute atomic E-state index is 0.0676. The van der Waals surface area contributed by atoms with E-state index in [1.54, 1.807) is 18.2 Å². The van der Waals surface area contributed by atoms with Crippen LogP contribution in [-0.2, 0) is 21.4 Å². The summed E-state index contributed by atoms with van der Waals surface area (Å²) in [5.74, 6) is -0.941. The summed E-state index contributed by atoms with van der Waals surface area (Å²) >= 11 is 0. The minimum atomic E-state index is -3.98. The molecule has 0 saturated carbocycles. The molecule has 2 rings (SSSR count). The van der Waals surface area contributed by atoms with E-state index in [2.05, 4.69) is 5.32 Å². The Hall–Kier alpha value is -2.25. The number of sulfonamides is 1. The number of nitrogens with zero attached hydrogens (tertiary/aromatic N) is 1. The molecule has 7 heteroatoms. The van der Waals surface area contributed by atoms with Gasteiger partial charge in [0.15, 0.2) is 0 Å². The fourth-order valence-electron chi connectivity index (χ4n) is 2.48. The first-order valence-electron chi connectivity index (χ1n) is 9.06. The summed E-state index contributed by atoms with van der Waals surface area (Å²) in [5, 5.41) is 2.75. The van der Waals surface area contributed by atoms with Gasteiger partial charge >= 0.3 is 0 Å². The Bertz CT molecular complexity index is 919. The van der Waals surface area contributed by atoms with Gasteiger partial charge in [-0.3, -0.25) is 4.79 Å². The summed E-state index contributed by atoms with van der Waals surface area (Å²) in [6, 6.07) is 12.3. The monoisotopic (exact) mass is 406 g/mol. The zero-order valence-corrected chi connectivity index (χ0v) is 17.5. The number of halogens is 1. The molecule has 1 amide bonds. The van der Waals surface area contributed by atoms with Gasteiger partial charge < -0.3 is 5.32 Å². The highest BCUT2D eigenvalue weighted by Gasteiger charge is 2.28. The highest BCUT2D eigenvalue weighted by Crippen LogP contribution is 2.20. The highest BCUT2D eigenvalue weighted by molar-refractivity contribution is 7.89. The Morgan fingerprint density at radius 3 is 2.25 bits per heavy atom. The van der Waals surface area contributed by atoms with Crippen LogP contribution in [0.4, 0.5) is 4.39 Å². The van der Waals surface area contributed by atoms with E-state index >= 15 is 0 Å². The smallest absolute Gasteiger partial charge is 0.243 e. The van der Waals surface area contributed by atoms with Crippen LogP contribution in [0.3, 0.4) is 0 Å². The fraction of sp³-hybridized carbons (Fsp3) is 0.381. The van der Waals surface area contributed by atoms with Crippen LogP contribution in [0.2, 0.25) is 0 Å². The lowest BCUT2D eigenvalue weighted by Gasteiger charge is -2.24. The number of hydrogen-bond donors (Lipinski definition) is 1. The molecule has 0 aliphatic heterocycles. The Kier molecular flexibility index (Phi) is 6.96. The van der Waals surface area contributed by atoms with Crippen molar-refractivity contribution in [2.75, 3.05) is 13.1 Å². The van der Waals surface area contributed by atoms with Crippen LogP contribution in [0.1, 0.15) is 31.9 Å². The van der Waals surface area contributed by atoms with Crippen LogP contribution in [0.5, 0.6) is 0 Å². The third kappa shape index (κ3) is 6.14. The maximum Gasteiger partial charge on any atom is 0.243 e. The molecular weight excluding hydrogens is 379 g/mol. The quantitative estimate of drug-likeness (QED) is 0.765. The number of aryl methyl sites for hydroxylation is 1. The lowest BCUT2D eigenvalue weighted by molar-refractivity contribution is -0.121. The summed E-state index contributed by atoms with van der Waals surface area (Å²) in [6.07, 6.45) is 0. The van der Waals surface area contributed by atoms with Crippen LogP contribution < -0.4 is 5.32 Å².